The monoisotopic (exact) mass is 324 g/mol. The number of aldehydes is 1. The van der Waals surface area contributed by atoms with E-state index in [0.29, 0.717) is 5.57 Å². The predicted molar refractivity (Wildman–Crippen MR) is 98.8 cm³/mol. The number of carbonyl (C=O) groups excluding carboxylic acids is 1. The molecule has 0 atom stereocenters. The van der Waals surface area contributed by atoms with Crippen LogP contribution in [0.1, 0.15) is 20.8 Å². The maximum atomic E-state index is 11.0. The minimum atomic E-state index is -2.55. The molecule has 0 bridgehead atoms. The summed E-state index contributed by atoms with van der Waals surface area (Å²) in [7, 11) is -2.55. The summed E-state index contributed by atoms with van der Waals surface area (Å²) >= 11 is 0. The Labute approximate surface area is 139 Å². The molecule has 0 heterocycles. The van der Waals surface area contributed by atoms with Crippen LogP contribution in [-0.4, -0.2) is 21.2 Å². The third-order valence-electron chi connectivity index (χ3n) is 4.06. The third kappa shape index (κ3) is 3.52. The molecule has 0 unspecified atom stereocenters. The molecule has 2 rings (SSSR count). The highest BCUT2D eigenvalue weighted by atomic mass is 28.4. The molecule has 0 aliphatic rings. The van der Waals surface area contributed by atoms with Crippen LogP contribution in [0, 0.1) is 0 Å². The van der Waals surface area contributed by atoms with E-state index in [1.807, 2.05) is 36.4 Å². The van der Waals surface area contributed by atoms with Gasteiger partial charge in [0.15, 0.2) is 0 Å². The number of hydrogen-bond acceptors (Lipinski definition) is 2. The smallest absolute Gasteiger partial charge is 0.261 e. The molecular formula is C20H24O2Si. The van der Waals surface area contributed by atoms with Crippen LogP contribution < -0.4 is 10.4 Å². The Morgan fingerprint density at radius 3 is 1.78 bits per heavy atom. The first-order valence-corrected chi connectivity index (χ1v) is 9.70. The Balaban J connectivity index is 2.64. The second-order valence-electron chi connectivity index (χ2n) is 6.73. The zero-order valence-corrected chi connectivity index (χ0v) is 15.1. The van der Waals surface area contributed by atoms with Crippen LogP contribution in [0.2, 0.25) is 5.04 Å². The molecule has 2 aromatic carbocycles. The lowest BCUT2D eigenvalue weighted by Crippen LogP contribution is -2.66. The molecule has 0 saturated heterocycles. The number of hydrogen-bond donors (Lipinski definition) is 0. The van der Waals surface area contributed by atoms with Crippen molar-refractivity contribution in [3.05, 3.63) is 72.8 Å². The van der Waals surface area contributed by atoms with Gasteiger partial charge in [-0.05, 0) is 15.4 Å². The largest absolute Gasteiger partial charge is 0.403 e. The fourth-order valence-electron chi connectivity index (χ4n) is 3.00. The van der Waals surface area contributed by atoms with E-state index in [9.17, 15) is 4.79 Å². The first-order valence-electron chi connectivity index (χ1n) is 7.80. The summed E-state index contributed by atoms with van der Waals surface area (Å²) in [6, 6.07) is 20.7. The van der Waals surface area contributed by atoms with Gasteiger partial charge in [-0.25, -0.2) is 0 Å². The molecule has 0 aliphatic heterocycles. The number of carbonyl (C=O) groups is 1. The van der Waals surface area contributed by atoms with Crippen molar-refractivity contribution in [1.82, 2.24) is 0 Å². The summed E-state index contributed by atoms with van der Waals surface area (Å²) in [4.78, 5) is 11.0. The van der Waals surface area contributed by atoms with Crippen molar-refractivity contribution in [2.45, 2.75) is 25.8 Å². The predicted octanol–water partition coefficient (Wildman–Crippen LogP) is 3.32. The molecule has 0 saturated carbocycles. The molecule has 0 aliphatic carbocycles. The Morgan fingerprint density at radius 1 is 1.00 bits per heavy atom. The van der Waals surface area contributed by atoms with Gasteiger partial charge in [-0.2, -0.15) is 0 Å². The fraction of sp³-hybridized carbons (Fsp3) is 0.250. The first kappa shape index (κ1) is 17.4. The lowest BCUT2D eigenvalue weighted by Gasteiger charge is -2.43. The van der Waals surface area contributed by atoms with E-state index >= 15 is 0 Å². The van der Waals surface area contributed by atoms with Crippen LogP contribution in [0.15, 0.2) is 72.8 Å². The van der Waals surface area contributed by atoms with Crippen molar-refractivity contribution >= 4 is 25.0 Å². The maximum Gasteiger partial charge on any atom is 0.261 e. The van der Waals surface area contributed by atoms with Gasteiger partial charge in [-0.3, -0.25) is 4.79 Å². The average Bonchev–Trinajstić information content (AvgIpc) is 2.56. The van der Waals surface area contributed by atoms with Gasteiger partial charge in [0, 0.05) is 5.57 Å². The van der Waals surface area contributed by atoms with Gasteiger partial charge in [0.05, 0.1) is 6.61 Å². The summed E-state index contributed by atoms with van der Waals surface area (Å²) < 4.78 is 6.53. The number of benzene rings is 2. The van der Waals surface area contributed by atoms with Crippen LogP contribution in [0.5, 0.6) is 0 Å². The molecule has 0 radical (unpaired) electrons. The highest BCUT2D eigenvalue weighted by Crippen LogP contribution is 2.36. The topological polar surface area (TPSA) is 26.3 Å². The Bertz CT molecular complexity index is 618. The van der Waals surface area contributed by atoms with Gasteiger partial charge in [0.2, 0.25) is 0 Å². The average molecular weight is 324 g/mol. The highest BCUT2D eigenvalue weighted by molar-refractivity contribution is 6.99. The van der Waals surface area contributed by atoms with E-state index < -0.39 is 8.32 Å². The molecule has 3 heteroatoms. The fourth-order valence-corrected chi connectivity index (χ4v) is 7.55. The van der Waals surface area contributed by atoms with E-state index in [-0.39, 0.29) is 11.6 Å². The van der Waals surface area contributed by atoms with Crippen LogP contribution in [0.3, 0.4) is 0 Å². The summed E-state index contributed by atoms with van der Waals surface area (Å²) in [5.41, 5.74) is 0.470. The number of rotatable bonds is 6. The van der Waals surface area contributed by atoms with E-state index in [2.05, 4.69) is 51.6 Å². The van der Waals surface area contributed by atoms with E-state index in [1.165, 1.54) is 10.4 Å². The second-order valence-corrected chi connectivity index (χ2v) is 11.0. The van der Waals surface area contributed by atoms with Crippen LogP contribution in [-0.2, 0) is 9.22 Å². The van der Waals surface area contributed by atoms with Crippen LogP contribution >= 0.6 is 0 Å². The van der Waals surface area contributed by atoms with Gasteiger partial charge in [0.25, 0.3) is 8.32 Å². The quantitative estimate of drug-likeness (QED) is 0.463. The summed E-state index contributed by atoms with van der Waals surface area (Å²) in [6.45, 7) is 10.7. The van der Waals surface area contributed by atoms with Crippen molar-refractivity contribution in [2.75, 3.05) is 6.61 Å². The van der Waals surface area contributed by atoms with Gasteiger partial charge >= 0.3 is 0 Å². The third-order valence-corrected chi connectivity index (χ3v) is 9.04. The Morgan fingerprint density at radius 2 is 1.43 bits per heavy atom. The van der Waals surface area contributed by atoms with E-state index in [1.54, 1.807) is 0 Å². The summed E-state index contributed by atoms with van der Waals surface area (Å²) in [5, 5.41) is 2.33. The van der Waals surface area contributed by atoms with Crippen LogP contribution in [0.4, 0.5) is 0 Å². The van der Waals surface area contributed by atoms with E-state index in [0.717, 1.165) is 6.29 Å². The zero-order valence-electron chi connectivity index (χ0n) is 14.1. The van der Waals surface area contributed by atoms with Gasteiger partial charge in [-0.15, -0.1) is 0 Å². The Kier molecular flexibility index (Phi) is 5.34. The SMILES string of the molecule is C=C(C=O)CO[Si](c1ccccc1)(c1ccccc1)C(C)(C)C. The molecule has 0 amide bonds. The van der Waals surface area contributed by atoms with Gasteiger partial charge in [-0.1, -0.05) is 88.0 Å². The molecule has 0 fully saturated rings. The molecule has 0 spiro atoms. The minimum Gasteiger partial charge on any atom is -0.403 e. The molecule has 0 N–H and O–H groups in total. The van der Waals surface area contributed by atoms with Crippen molar-refractivity contribution in [2.24, 2.45) is 0 Å². The summed E-state index contributed by atoms with van der Waals surface area (Å²) in [6.07, 6.45) is 0.776. The standard InChI is InChI=1S/C20H24O2Si/c1-17(15-21)16-22-23(20(2,3)4,18-11-7-5-8-12-18)19-13-9-6-10-14-19/h5-15H,1,16H2,2-4H3. The van der Waals surface area contributed by atoms with Crippen molar-refractivity contribution in [3.8, 4) is 0 Å². The normalized spacial score (nSPS) is 12.0. The minimum absolute atomic E-state index is 0.0845. The molecule has 2 nitrogen and oxygen atoms in total. The molecular weight excluding hydrogens is 300 g/mol. The van der Waals surface area contributed by atoms with Crippen molar-refractivity contribution in [1.29, 1.82) is 0 Å². The maximum absolute atomic E-state index is 11.0. The summed E-state index contributed by atoms with van der Waals surface area (Å²) in [5.74, 6) is 0. The molecule has 23 heavy (non-hydrogen) atoms. The highest BCUT2D eigenvalue weighted by Gasteiger charge is 2.50. The van der Waals surface area contributed by atoms with Gasteiger partial charge < -0.3 is 4.43 Å². The Hall–Kier alpha value is -1.97. The van der Waals surface area contributed by atoms with Crippen molar-refractivity contribution in [3.63, 3.8) is 0 Å². The first-order chi connectivity index (χ1) is 10.9. The van der Waals surface area contributed by atoms with Gasteiger partial charge in [0.1, 0.15) is 6.29 Å². The lowest BCUT2D eigenvalue weighted by atomic mass is 10.2. The van der Waals surface area contributed by atoms with E-state index in [4.69, 9.17) is 4.43 Å². The molecule has 120 valence electrons. The lowest BCUT2D eigenvalue weighted by molar-refractivity contribution is -0.105. The van der Waals surface area contributed by atoms with Crippen LogP contribution in [0.25, 0.3) is 0 Å². The molecule has 0 aromatic heterocycles. The molecule has 2 aromatic rings. The zero-order chi connectivity index (χ0) is 16.9. The second kappa shape index (κ2) is 7.07. The van der Waals surface area contributed by atoms with Crippen molar-refractivity contribution < 1.29 is 9.22 Å².